The van der Waals surface area contributed by atoms with E-state index in [9.17, 15) is 13.2 Å². The van der Waals surface area contributed by atoms with Gasteiger partial charge in [0, 0.05) is 5.02 Å². The molecule has 1 heterocycles. The second kappa shape index (κ2) is 5.98. The van der Waals surface area contributed by atoms with Crippen LogP contribution in [-0.2, 0) is 14.8 Å². The van der Waals surface area contributed by atoms with E-state index >= 15 is 0 Å². The second-order valence-corrected chi connectivity index (χ2v) is 6.52. The first kappa shape index (κ1) is 16.3. The molecule has 0 bridgehead atoms. The maximum absolute atomic E-state index is 12.6. The highest BCUT2D eigenvalue weighted by Crippen LogP contribution is 2.26. The van der Waals surface area contributed by atoms with Crippen LogP contribution < -0.4 is 5.73 Å². The van der Waals surface area contributed by atoms with Gasteiger partial charge in [-0.25, -0.2) is 4.79 Å². The molecule has 2 aromatic rings. The molecule has 2 N–H and O–H groups in total. The van der Waals surface area contributed by atoms with Crippen molar-refractivity contribution in [3.63, 3.8) is 0 Å². The summed E-state index contributed by atoms with van der Waals surface area (Å²) in [7, 11) is -4.06. The highest BCUT2D eigenvalue weighted by Gasteiger charge is 2.27. The molecule has 0 atom stereocenters. The standard InChI is InChI=1S/C13H14ClN3O4S/c1-3-21-13(18)9-7-16-17(12(9)15)22(19,20)11-6-4-5-10(14)8(11)2/h4-7H,3,15H2,1-2H3. The van der Waals surface area contributed by atoms with E-state index in [0.29, 0.717) is 14.7 Å². The summed E-state index contributed by atoms with van der Waals surface area (Å²) >= 11 is 5.94. The van der Waals surface area contributed by atoms with E-state index in [2.05, 4.69) is 5.10 Å². The maximum atomic E-state index is 12.6. The molecule has 0 radical (unpaired) electrons. The summed E-state index contributed by atoms with van der Waals surface area (Å²) in [6, 6.07) is 4.47. The van der Waals surface area contributed by atoms with Gasteiger partial charge in [0.1, 0.15) is 5.56 Å². The SMILES string of the molecule is CCOC(=O)c1cnn(S(=O)(=O)c2cccc(Cl)c2C)c1N. The minimum Gasteiger partial charge on any atom is -0.462 e. The van der Waals surface area contributed by atoms with E-state index in [1.54, 1.807) is 19.9 Å². The number of nitrogens with zero attached hydrogens (tertiary/aromatic N) is 2. The molecule has 0 aliphatic rings. The first-order chi connectivity index (χ1) is 10.3. The number of anilines is 1. The third kappa shape index (κ3) is 2.67. The zero-order chi connectivity index (χ0) is 16.5. The lowest BCUT2D eigenvalue weighted by molar-refractivity contribution is 0.0527. The van der Waals surface area contributed by atoms with Crippen LogP contribution in [0, 0.1) is 6.92 Å². The highest BCUT2D eigenvalue weighted by atomic mass is 35.5. The average Bonchev–Trinajstić information content (AvgIpc) is 2.84. The minimum atomic E-state index is -4.06. The number of benzene rings is 1. The van der Waals surface area contributed by atoms with E-state index in [1.165, 1.54) is 12.1 Å². The number of hydrogen-bond acceptors (Lipinski definition) is 6. The molecule has 0 amide bonds. The van der Waals surface area contributed by atoms with Crippen LogP contribution in [-0.4, -0.2) is 30.2 Å². The first-order valence-electron chi connectivity index (χ1n) is 6.32. The summed E-state index contributed by atoms with van der Waals surface area (Å²) < 4.78 is 30.7. The molecular formula is C13H14ClN3O4S. The van der Waals surface area contributed by atoms with Gasteiger partial charge in [0.15, 0.2) is 5.82 Å². The van der Waals surface area contributed by atoms with Crippen LogP contribution in [0.2, 0.25) is 5.02 Å². The summed E-state index contributed by atoms with van der Waals surface area (Å²) in [5, 5.41) is 4.00. The van der Waals surface area contributed by atoms with E-state index in [-0.39, 0.29) is 22.9 Å². The molecule has 0 spiro atoms. The number of carbonyl (C=O) groups excluding carboxylic acids is 1. The van der Waals surface area contributed by atoms with Gasteiger partial charge in [-0.05, 0) is 31.5 Å². The van der Waals surface area contributed by atoms with E-state index in [4.69, 9.17) is 22.1 Å². The van der Waals surface area contributed by atoms with Gasteiger partial charge < -0.3 is 10.5 Å². The molecule has 0 saturated carbocycles. The molecule has 22 heavy (non-hydrogen) atoms. The van der Waals surface area contributed by atoms with Crippen LogP contribution >= 0.6 is 11.6 Å². The molecule has 2 rings (SSSR count). The number of ether oxygens (including phenoxy) is 1. The van der Waals surface area contributed by atoms with Crippen molar-refractivity contribution >= 4 is 33.4 Å². The zero-order valence-electron chi connectivity index (χ0n) is 11.9. The van der Waals surface area contributed by atoms with Crippen molar-refractivity contribution in [2.45, 2.75) is 18.7 Å². The van der Waals surface area contributed by atoms with Crippen LogP contribution in [0.5, 0.6) is 0 Å². The fourth-order valence-corrected chi connectivity index (χ4v) is 3.55. The summed E-state index contributed by atoms with van der Waals surface area (Å²) in [5.41, 5.74) is 6.00. The Balaban J connectivity index is 2.56. The first-order valence-corrected chi connectivity index (χ1v) is 8.13. The Labute approximate surface area is 132 Å². The van der Waals surface area contributed by atoms with Crippen molar-refractivity contribution in [3.05, 3.63) is 40.5 Å². The van der Waals surface area contributed by atoms with Crippen molar-refractivity contribution in [3.8, 4) is 0 Å². The lowest BCUT2D eigenvalue weighted by Crippen LogP contribution is -2.19. The molecular weight excluding hydrogens is 330 g/mol. The summed E-state index contributed by atoms with van der Waals surface area (Å²) in [4.78, 5) is 11.7. The monoisotopic (exact) mass is 343 g/mol. The Morgan fingerprint density at radius 3 is 2.77 bits per heavy atom. The van der Waals surface area contributed by atoms with E-state index in [0.717, 1.165) is 6.20 Å². The lowest BCUT2D eigenvalue weighted by atomic mass is 10.2. The van der Waals surface area contributed by atoms with Gasteiger partial charge in [0.05, 0.1) is 17.7 Å². The number of rotatable bonds is 4. The summed E-state index contributed by atoms with van der Waals surface area (Å²) in [5.74, 6) is -1.04. The summed E-state index contributed by atoms with van der Waals surface area (Å²) in [6.07, 6.45) is 1.06. The molecule has 1 aromatic heterocycles. The Morgan fingerprint density at radius 1 is 1.45 bits per heavy atom. The van der Waals surface area contributed by atoms with Crippen LogP contribution in [0.15, 0.2) is 29.3 Å². The topological polar surface area (TPSA) is 104 Å². The van der Waals surface area contributed by atoms with Crippen LogP contribution in [0.1, 0.15) is 22.8 Å². The van der Waals surface area contributed by atoms with Gasteiger partial charge in [-0.1, -0.05) is 17.7 Å². The molecule has 0 aliphatic heterocycles. The van der Waals surface area contributed by atoms with E-state index < -0.39 is 16.0 Å². The number of hydrogen-bond donors (Lipinski definition) is 1. The van der Waals surface area contributed by atoms with Crippen LogP contribution in [0.4, 0.5) is 5.82 Å². The largest absolute Gasteiger partial charge is 0.462 e. The number of nitrogen functional groups attached to an aromatic ring is 1. The van der Waals surface area contributed by atoms with E-state index in [1.807, 2.05) is 0 Å². The van der Waals surface area contributed by atoms with Crippen molar-refractivity contribution in [1.29, 1.82) is 0 Å². The smallest absolute Gasteiger partial charge is 0.343 e. The maximum Gasteiger partial charge on any atom is 0.343 e. The molecule has 0 fully saturated rings. The van der Waals surface area contributed by atoms with Gasteiger partial charge >= 0.3 is 5.97 Å². The number of halogens is 1. The number of nitrogens with two attached hydrogens (primary N) is 1. The normalized spacial score (nSPS) is 11.4. The molecule has 0 saturated heterocycles. The Kier molecular flexibility index (Phi) is 4.43. The minimum absolute atomic E-state index is 0.0368. The lowest BCUT2D eigenvalue weighted by Gasteiger charge is -2.10. The third-order valence-electron chi connectivity index (χ3n) is 2.99. The Hall–Kier alpha value is -2.06. The molecule has 0 unspecified atom stereocenters. The number of esters is 1. The number of aromatic nitrogens is 2. The van der Waals surface area contributed by atoms with Gasteiger partial charge in [-0.15, -0.1) is 4.09 Å². The quantitative estimate of drug-likeness (QED) is 0.849. The fourth-order valence-electron chi connectivity index (χ4n) is 1.86. The van der Waals surface area contributed by atoms with Gasteiger partial charge in [-0.3, -0.25) is 0 Å². The highest BCUT2D eigenvalue weighted by molar-refractivity contribution is 7.90. The average molecular weight is 344 g/mol. The predicted octanol–water partition coefficient (Wildman–Crippen LogP) is 1.84. The number of carbonyl (C=O) groups is 1. The molecule has 7 nitrogen and oxygen atoms in total. The van der Waals surface area contributed by atoms with Crippen molar-refractivity contribution < 1.29 is 17.9 Å². The fraction of sp³-hybridized carbons (Fsp3) is 0.231. The second-order valence-electron chi connectivity index (χ2n) is 4.37. The van der Waals surface area contributed by atoms with Gasteiger partial charge in [0.2, 0.25) is 0 Å². The van der Waals surface area contributed by atoms with Gasteiger partial charge in [-0.2, -0.15) is 13.5 Å². The van der Waals surface area contributed by atoms with Gasteiger partial charge in [0.25, 0.3) is 10.0 Å². The predicted molar refractivity (Wildman–Crippen MR) is 81.4 cm³/mol. The Morgan fingerprint density at radius 2 is 2.14 bits per heavy atom. The zero-order valence-corrected chi connectivity index (χ0v) is 13.5. The third-order valence-corrected chi connectivity index (χ3v) is 5.15. The molecule has 9 heteroatoms. The molecule has 118 valence electrons. The van der Waals surface area contributed by atoms with Crippen molar-refractivity contribution in [1.82, 2.24) is 9.19 Å². The molecule has 0 aliphatic carbocycles. The Bertz CT molecular complexity index is 830. The summed E-state index contributed by atoms with van der Waals surface area (Å²) in [6.45, 7) is 3.34. The van der Waals surface area contributed by atoms with Crippen LogP contribution in [0.3, 0.4) is 0 Å². The molecule has 1 aromatic carbocycles. The van der Waals surface area contributed by atoms with Crippen LogP contribution in [0.25, 0.3) is 0 Å². The van der Waals surface area contributed by atoms with Crippen molar-refractivity contribution in [2.75, 3.05) is 12.3 Å². The van der Waals surface area contributed by atoms with Crippen molar-refractivity contribution in [2.24, 2.45) is 0 Å².